The van der Waals surface area contributed by atoms with Crippen LogP contribution in [0.3, 0.4) is 0 Å². The summed E-state index contributed by atoms with van der Waals surface area (Å²) < 4.78 is 5.53. The van der Waals surface area contributed by atoms with Gasteiger partial charge in [-0.05, 0) is 32.3 Å². The van der Waals surface area contributed by atoms with E-state index in [1.54, 1.807) is 6.20 Å². The van der Waals surface area contributed by atoms with E-state index in [0.717, 1.165) is 44.8 Å². The van der Waals surface area contributed by atoms with Gasteiger partial charge in [0.05, 0.1) is 12.1 Å². The van der Waals surface area contributed by atoms with Gasteiger partial charge in [-0.3, -0.25) is 0 Å². The van der Waals surface area contributed by atoms with Crippen LogP contribution in [0.5, 0.6) is 0 Å². The highest BCUT2D eigenvalue weighted by molar-refractivity contribution is 5.41. The lowest BCUT2D eigenvalue weighted by Crippen LogP contribution is -2.43. The quantitative estimate of drug-likeness (QED) is 0.839. The molecular weight excluding hydrogens is 228 g/mol. The molecule has 0 aromatic carbocycles. The predicted molar refractivity (Wildman–Crippen MR) is 72.9 cm³/mol. The fraction of sp³-hybridized carbons (Fsp3) is 0.692. The summed E-state index contributed by atoms with van der Waals surface area (Å²) in [5, 5.41) is 6.65. The molecule has 0 saturated carbocycles. The standard InChI is InChI=1S/C13H22N4O/c1-3-7-14-12-15-8-5-11(16-12)17-13(2)6-4-9-18-10-13/h5,8H,3-4,6-7,9-10H2,1-2H3,(H2,14,15,16,17). The zero-order chi connectivity index (χ0) is 12.8. The molecule has 1 aromatic heterocycles. The molecule has 1 atom stereocenters. The molecule has 2 N–H and O–H groups in total. The van der Waals surface area contributed by atoms with Crippen LogP contribution < -0.4 is 10.6 Å². The van der Waals surface area contributed by atoms with Gasteiger partial charge in [0.2, 0.25) is 5.95 Å². The van der Waals surface area contributed by atoms with Crippen LogP contribution >= 0.6 is 0 Å². The van der Waals surface area contributed by atoms with Crippen LogP contribution in [-0.4, -0.2) is 35.3 Å². The molecule has 1 aliphatic rings. The molecule has 0 amide bonds. The van der Waals surface area contributed by atoms with E-state index in [9.17, 15) is 0 Å². The topological polar surface area (TPSA) is 59.1 Å². The first-order valence-corrected chi connectivity index (χ1v) is 6.65. The molecule has 5 nitrogen and oxygen atoms in total. The monoisotopic (exact) mass is 250 g/mol. The fourth-order valence-corrected chi connectivity index (χ4v) is 2.09. The van der Waals surface area contributed by atoms with Crippen molar-refractivity contribution in [3.8, 4) is 0 Å². The molecule has 0 aliphatic carbocycles. The number of anilines is 2. The summed E-state index contributed by atoms with van der Waals surface area (Å²) in [4.78, 5) is 8.66. The smallest absolute Gasteiger partial charge is 0.224 e. The number of ether oxygens (including phenoxy) is 1. The van der Waals surface area contributed by atoms with E-state index >= 15 is 0 Å². The van der Waals surface area contributed by atoms with Crippen LogP contribution in [-0.2, 0) is 4.74 Å². The molecule has 0 spiro atoms. The van der Waals surface area contributed by atoms with E-state index in [-0.39, 0.29) is 5.54 Å². The summed E-state index contributed by atoms with van der Waals surface area (Å²) in [5.74, 6) is 1.54. The summed E-state index contributed by atoms with van der Waals surface area (Å²) in [7, 11) is 0. The van der Waals surface area contributed by atoms with Crippen LogP contribution in [0.15, 0.2) is 12.3 Å². The Morgan fingerprint density at radius 3 is 3.11 bits per heavy atom. The van der Waals surface area contributed by atoms with Gasteiger partial charge in [-0.2, -0.15) is 4.98 Å². The Morgan fingerprint density at radius 1 is 1.50 bits per heavy atom. The minimum Gasteiger partial charge on any atom is -0.379 e. The van der Waals surface area contributed by atoms with Gasteiger partial charge in [0, 0.05) is 19.3 Å². The van der Waals surface area contributed by atoms with E-state index in [0.29, 0.717) is 5.95 Å². The molecule has 2 heterocycles. The van der Waals surface area contributed by atoms with Crippen molar-refractivity contribution in [2.24, 2.45) is 0 Å². The third kappa shape index (κ3) is 3.57. The minimum absolute atomic E-state index is 0.0192. The van der Waals surface area contributed by atoms with Crippen molar-refractivity contribution >= 4 is 11.8 Å². The summed E-state index contributed by atoms with van der Waals surface area (Å²) in [6, 6.07) is 1.90. The SMILES string of the molecule is CCCNc1nccc(NC2(C)CCCOC2)n1. The van der Waals surface area contributed by atoms with Gasteiger partial charge in [0.25, 0.3) is 0 Å². The van der Waals surface area contributed by atoms with Gasteiger partial charge in [0.15, 0.2) is 0 Å². The van der Waals surface area contributed by atoms with Crippen LogP contribution in [0.2, 0.25) is 0 Å². The van der Waals surface area contributed by atoms with Crippen molar-refractivity contribution in [2.45, 2.75) is 38.6 Å². The van der Waals surface area contributed by atoms with Crippen LogP contribution in [0.25, 0.3) is 0 Å². The minimum atomic E-state index is -0.0192. The molecule has 0 radical (unpaired) electrons. The first-order valence-electron chi connectivity index (χ1n) is 6.65. The normalized spacial score (nSPS) is 23.7. The van der Waals surface area contributed by atoms with E-state index in [1.807, 2.05) is 6.07 Å². The summed E-state index contributed by atoms with van der Waals surface area (Å²) in [6.45, 7) is 6.78. The number of nitrogens with one attached hydrogen (secondary N) is 2. The first kappa shape index (κ1) is 13.1. The van der Waals surface area contributed by atoms with E-state index in [2.05, 4.69) is 34.4 Å². The van der Waals surface area contributed by atoms with Gasteiger partial charge in [-0.25, -0.2) is 4.98 Å². The molecule has 100 valence electrons. The highest BCUT2D eigenvalue weighted by atomic mass is 16.5. The van der Waals surface area contributed by atoms with E-state index in [4.69, 9.17) is 4.74 Å². The highest BCUT2D eigenvalue weighted by Gasteiger charge is 2.27. The lowest BCUT2D eigenvalue weighted by atomic mass is 9.95. The Kier molecular flexibility index (Phi) is 4.36. The number of hydrogen-bond donors (Lipinski definition) is 2. The van der Waals surface area contributed by atoms with Crippen LogP contribution in [0.4, 0.5) is 11.8 Å². The molecule has 1 unspecified atom stereocenters. The molecule has 0 bridgehead atoms. The Bertz CT molecular complexity index is 377. The second kappa shape index (κ2) is 6.00. The molecular formula is C13H22N4O. The Morgan fingerprint density at radius 2 is 2.39 bits per heavy atom. The van der Waals surface area contributed by atoms with E-state index < -0.39 is 0 Å². The lowest BCUT2D eigenvalue weighted by Gasteiger charge is -2.34. The van der Waals surface area contributed by atoms with Crippen molar-refractivity contribution in [1.29, 1.82) is 0 Å². The maximum absolute atomic E-state index is 5.53. The first-order chi connectivity index (χ1) is 8.72. The molecule has 18 heavy (non-hydrogen) atoms. The van der Waals surface area contributed by atoms with Crippen LogP contribution in [0.1, 0.15) is 33.1 Å². The van der Waals surface area contributed by atoms with Crippen molar-refractivity contribution < 1.29 is 4.74 Å². The third-order valence-electron chi connectivity index (χ3n) is 3.06. The average Bonchev–Trinajstić information content (AvgIpc) is 2.37. The summed E-state index contributed by atoms with van der Waals surface area (Å²) in [6.07, 6.45) is 5.04. The number of hydrogen-bond acceptors (Lipinski definition) is 5. The summed E-state index contributed by atoms with van der Waals surface area (Å²) >= 11 is 0. The van der Waals surface area contributed by atoms with E-state index in [1.165, 1.54) is 0 Å². The Balaban J connectivity index is 1.99. The number of aromatic nitrogens is 2. The molecule has 1 aromatic rings. The predicted octanol–water partition coefficient (Wildman–Crippen LogP) is 2.28. The molecule has 2 rings (SSSR count). The molecule has 1 saturated heterocycles. The third-order valence-corrected chi connectivity index (χ3v) is 3.06. The van der Waals surface area contributed by atoms with Gasteiger partial charge in [-0.15, -0.1) is 0 Å². The van der Waals surface area contributed by atoms with Crippen molar-refractivity contribution in [3.05, 3.63) is 12.3 Å². The van der Waals surface area contributed by atoms with Gasteiger partial charge >= 0.3 is 0 Å². The molecule has 1 aliphatic heterocycles. The zero-order valence-corrected chi connectivity index (χ0v) is 11.2. The fourth-order valence-electron chi connectivity index (χ4n) is 2.09. The largest absolute Gasteiger partial charge is 0.379 e. The Labute approximate surface area is 108 Å². The van der Waals surface area contributed by atoms with Crippen molar-refractivity contribution in [1.82, 2.24) is 9.97 Å². The maximum Gasteiger partial charge on any atom is 0.224 e. The maximum atomic E-state index is 5.53. The summed E-state index contributed by atoms with van der Waals surface area (Å²) in [5.41, 5.74) is -0.0192. The van der Waals surface area contributed by atoms with Crippen molar-refractivity contribution in [3.63, 3.8) is 0 Å². The average molecular weight is 250 g/mol. The lowest BCUT2D eigenvalue weighted by molar-refractivity contribution is 0.0539. The van der Waals surface area contributed by atoms with Crippen LogP contribution in [0, 0.1) is 0 Å². The number of nitrogens with zero attached hydrogens (tertiary/aromatic N) is 2. The van der Waals surface area contributed by atoms with Gasteiger partial charge in [-0.1, -0.05) is 6.92 Å². The Hall–Kier alpha value is -1.36. The van der Waals surface area contributed by atoms with Gasteiger partial charge < -0.3 is 15.4 Å². The van der Waals surface area contributed by atoms with Gasteiger partial charge in [0.1, 0.15) is 5.82 Å². The number of rotatable bonds is 5. The second-order valence-corrected chi connectivity index (χ2v) is 5.03. The highest BCUT2D eigenvalue weighted by Crippen LogP contribution is 2.23. The molecule has 1 fully saturated rings. The molecule has 5 heteroatoms. The van der Waals surface area contributed by atoms with Crippen molar-refractivity contribution in [2.75, 3.05) is 30.4 Å². The second-order valence-electron chi connectivity index (χ2n) is 5.03. The zero-order valence-electron chi connectivity index (χ0n) is 11.2.